The van der Waals surface area contributed by atoms with Crippen molar-refractivity contribution in [2.75, 3.05) is 4.90 Å². The molecule has 1 fully saturated rings. The van der Waals surface area contributed by atoms with Crippen LogP contribution < -0.4 is 4.90 Å². The second-order valence-corrected chi connectivity index (χ2v) is 5.26. The van der Waals surface area contributed by atoms with E-state index < -0.39 is 0 Å². The van der Waals surface area contributed by atoms with Crippen molar-refractivity contribution in [3.63, 3.8) is 0 Å². The van der Waals surface area contributed by atoms with Gasteiger partial charge < -0.3 is 4.90 Å². The van der Waals surface area contributed by atoms with Crippen LogP contribution in [0.15, 0.2) is 18.2 Å². The Bertz CT molecular complexity index is 445. The maximum absolute atomic E-state index is 7.04. The fourth-order valence-corrected chi connectivity index (χ4v) is 3.15. The molecule has 1 aliphatic carbocycles. The third-order valence-electron chi connectivity index (χ3n) is 3.11. The number of halogens is 1. The third-order valence-corrected chi connectivity index (χ3v) is 3.87. The van der Waals surface area contributed by atoms with Crippen LogP contribution in [0.25, 0.3) is 4.85 Å². The third kappa shape index (κ3) is 1.44. The van der Waals surface area contributed by atoms with E-state index in [1.165, 1.54) is 24.1 Å². The van der Waals surface area contributed by atoms with Crippen LogP contribution in [0.4, 0.5) is 11.4 Å². The fourth-order valence-electron chi connectivity index (χ4n) is 2.24. The second kappa shape index (κ2) is 3.24. The van der Waals surface area contributed by atoms with Gasteiger partial charge in [-0.05, 0) is 24.5 Å². The molecule has 76 valence electrons. The number of benzene rings is 1. The molecule has 0 saturated heterocycles. The van der Waals surface area contributed by atoms with Crippen LogP contribution in [-0.2, 0) is 6.42 Å². The van der Waals surface area contributed by atoms with Crippen LogP contribution >= 0.6 is 15.9 Å². The zero-order chi connectivity index (χ0) is 10.4. The molecule has 0 radical (unpaired) electrons. The van der Waals surface area contributed by atoms with E-state index in [-0.39, 0.29) is 0 Å². The number of fused-ring (bicyclic) bond motifs is 1. The molecular weight excluding hydrogens is 252 g/mol. The van der Waals surface area contributed by atoms with Gasteiger partial charge in [-0.25, -0.2) is 4.85 Å². The molecule has 3 rings (SSSR count). The molecule has 2 nitrogen and oxygen atoms in total. The Balaban J connectivity index is 2.05. The quantitative estimate of drug-likeness (QED) is 0.427. The molecule has 1 atom stereocenters. The molecule has 15 heavy (non-hydrogen) atoms. The van der Waals surface area contributed by atoms with Crippen LogP contribution in [0.5, 0.6) is 0 Å². The summed E-state index contributed by atoms with van der Waals surface area (Å²) in [7, 11) is 0. The van der Waals surface area contributed by atoms with E-state index in [2.05, 4.69) is 31.7 Å². The first kappa shape index (κ1) is 9.23. The Hall–Kier alpha value is -1.01. The number of alkyl halides is 1. The normalized spacial score (nSPS) is 23.7. The minimum Gasteiger partial charge on any atom is -0.356 e. The molecule has 1 unspecified atom stereocenters. The summed E-state index contributed by atoms with van der Waals surface area (Å²) >= 11 is 3.72. The van der Waals surface area contributed by atoms with E-state index in [0.717, 1.165) is 12.1 Å². The molecule has 1 aromatic carbocycles. The largest absolute Gasteiger partial charge is 0.356 e. The average molecular weight is 263 g/mol. The fraction of sp³-hybridized carbons (Fsp3) is 0.417. The lowest BCUT2D eigenvalue weighted by Gasteiger charge is -2.23. The second-order valence-electron chi connectivity index (χ2n) is 4.20. The smallest absolute Gasteiger partial charge is 0.189 e. The maximum atomic E-state index is 7.04. The first-order chi connectivity index (χ1) is 7.29. The highest BCUT2D eigenvalue weighted by atomic mass is 79.9. The van der Waals surface area contributed by atoms with Gasteiger partial charge in [0.2, 0.25) is 0 Å². The Kier molecular flexibility index (Phi) is 2.00. The molecule has 1 aromatic rings. The lowest BCUT2D eigenvalue weighted by molar-refractivity contribution is 0.797. The number of hydrogen-bond donors (Lipinski definition) is 0. The zero-order valence-electron chi connectivity index (χ0n) is 8.28. The summed E-state index contributed by atoms with van der Waals surface area (Å²) in [6, 6.07) is 6.75. The van der Waals surface area contributed by atoms with Crippen LogP contribution in [0.1, 0.15) is 18.4 Å². The van der Waals surface area contributed by atoms with E-state index >= 15 is 0 Å². The maximum Gasteiger partial charge on any atom is 0.189 e. The van der Waals surface area contributed by atoms with Crippen LogP contribution in [-0.4, -0.2) is 11.0 Å². The number of rotatable bonds is 1. The highest BCUT2D eigenvalue weighted by Crippen LogP contribution is 2.44. The first-order valence-corrected chi connectivity index (χ1v) is 6.14. The van der Waals surface area contributed by atoms with Gasteiger partial charge in [0.25, 0.3) is 0 Å². The lowest BCUT2D eigenvalue weighted by atomic mass is 10.1. The van der Waals surface area contributed by atoms with Gasteiger partial charge in [-0.2, -0.15) is 0 Å². The van der Waals surface area contributed by atoms with Crippen LogP contribution in [0.2, 0.25) is 0 Å². The van der Waals surface area contributed by atoms with Crippen LogP contribution in [0.3, 0.4) is 0 Å². The molecule has 2 aliphatic rings. The zero-order valence-corrected chi connectivity index (χ0v) is 9.87. The van der Waals surface area contributed by atoms with Gasteiger partial charge in [-0.15, -0.1) is 0 Å². The van der Waals surface area contributed by atoms with Gasteiger partial charge in [-0.1, -0.05) is 28.1 Å². The minimum atomic E-state index is 0.431. The topological polar surface area (TPSA) is 7.60 Å². The van der Waals surface area contributed by atoms with Gasteiger partial charge in [0.15, 0.2) is 5.69 Å². The van der Waals surface area contributed by atoms with E-state index in [0.29, 0.717) is 11.0 Å². The Morgan fingerprint density at radius 3 is 2.87 bits per heavy atom. The highest BCUT2D eigenvalue weighted by Gasteiger charge is 2.38. The standard InChI is InChI=1S/C12H11BrN2/c1-14-9-3-2-8-6-12(13)15(10-4-5-10)11(8)7-9/h2-3,7,10,12H,4-6H2. The molecule has 0 aromatic heterocycles. The van der Waals surface area contributed by atoms with E-state index in [1.54, 1.807) is 0 Å². The molecule has 0 bridgehead atoms. The summed E-state index contributed by atoms with van der Waals surface area (Å²) in [6.45, 7) is 7.04. The van der Waals surface area contributed by atoms with Crippen molar-refractivity contribution in [2.24, 2.45) is 0 Å². The van der Waals surface area contributed by atoms with Crippen molar-refractivity contribution in [1.29, 1.82) is 0 Å². The van der Waals surface area contributed by atoms with Crippen molar-refractivity contribution in [3.8, 4) is 0 Å². The minimum absolute atomic E-state index is 0.431. The monoisotopic (exact) mass is 262 g/mol. The summed E-state index contributed by atoms with van der Waals surface area (Å²) < 4.78 is 0. The molecule has 3 heteroatoms. The SMILES string of the molecule is [C-]#[N+]c1ccc2c(c1)N(C1CC1)C(Br)C2. The number of nitrogens with zero attached hydrogens (tertiary/aromatic N) is 2. The molecule has 0 spiro atoms. The molecular formula is C12H11BrN2. The molecule has 1 heterocycles. The Morgan fingerprint density at radius 2 is 2.20 bits per heavy atom. The van der Waals surface area contributed by atoms with Crippen molar-refractivity contribution in [3.05, 3.63) is 35.2 Å². The van der Waals surface area contributed by atoms with Crippen molar-refractivity contribution in [2.45, 2.75) is 30.3 Å². The van der Waals surface area contributed by atoms with Gasteiger partial charge in [0.05, 0.1) is 11.5 Å². The Morgan fingerprint density at radius 1 is 1.40 bits per heavy atom. The van der Waals surface area contributed by atoms with Crippen molar-refractivity contribution >= 4 is 27.3 Å². The van der Waals surface area contributed by atoms with Crippen molar-refractivity contribution in [1.82, 2.24) is 0 Å². The van der Waals surface area contributed by atoms with Gasteiger partial charge >= 0.3 is 0 Å². The average Bonchev–Trinajstić information content (AvgIpc) is 3.00. The van der Waals surface area contributed by atoms with Crippen LogP contribution in [0, 0.1) is 6.57 Å². The highest BCUT2D eigenvalue weighted by molar-refractivity contribution is 9.09. The predicted molar refractivity (Wildman–Crippen MR) is 64.6 cm³/mol. The molecule has 0 N–H and O–H groups in total. The summed E-state index contributed by atoms with van der Waals surface area (Å²) in [6.07, 6.45) is 3.65. The number of anilines is 1. The molecule has 0 amide bonds. The summed E-state index contributed by atoms with van der Waals surface area (Å²) in [4.78, 5) is 6.36. The van der Waals surface area contributed by atoms with Crippen molar-refractivity contribution < 1.29 is 0 Å². The van der Waals surface area contributed by atoms with E-state index in [1.807, 2.05) is 12.1 Å². The summed E-state index contributed by atoms with van der Waals surface area (Å²) in [5, 5.41) is 0. The molecule has 1 aliphatic heterocycles. The van der Waals surface area contributed by atoms with Gasteiger partial charge in [0, 0.05) is 18.2 Å². The predicted octanol–water partition coefficient (Wildman–Crippen LogP) is 3.48. The lowest BCUT2D eigenvalue weighted by Crippen LogP contribution is -2.28. The van der Waals surface area contributed by atoms with E-state index in [4.69, 9.17) is 6.57 Å². The number of hydrogen-bond acceptors (Lipinski definition) is 1. The summed E-state index contributed by atoms with van der Waals surface area (Å²) in [5.74, 6) is 0. The first-order valence-electron chi connectivity index (χ1n) is 5.22. The van der Waals surface area contributed by atoms with E-state index in [9.17, 15) is 0 Å². The van der Waals surface area contributed by atoms with Gasteiger partial charge in [-0.3, -0.25) is 0 Å². The van der Waals surface area contributed by atoms with Gasteiger partial charge in [0.1, 0.15) is 0 Å². The molecule has 1 saturated carbocycles. The summed E-state index contributed by atoms with van der Waals surface area (Å²) in [5.41, 5.74) is 3.39. The Labute approximate surface area is 97.8 Å².